The van der Waals surface area contributed by atoms with Gasteiger partial charge in [-0.15, -0.1) is 0 Å². The highest BCUT2D eigenvalue weighted by molar-refractivity contribution is 5.96. The van der Waals surface area contributed by atoms with Crippen molar-refractivity contribution in [1.82, 2.24) is 5.32 Å². The number of methoxy groups -OCH3 is 1. The largest absolute Gasteiger partial charge is 0.496 e. The van der Waals surface area contributed by atoms with Gasteiger partial charge >= 0.3 is 0 Å². The topological polar surface area (TPSA) is 38.3 Å². The highest BCUT2D eigenvalue weighted by atomic mass is 16.5. The van der Waals surface area contributed by atoms with E-state index in [9.17, 15) is 4.79 Å². The lowest BCUT2D eigenvalue weighted by Crippen LogP contribution is -2.35. The molecule has 1 aromatic carbocycles. The Morgan fingerprint density at radius 2 is 1.92 bits per heavy atom. The zero-order valence-electron chi connectivity index (χ0n) is 16.4. The minimum Gasteiger partial charge on any atom is -0.496 e. The smallest absolute Gasteiger partial charge is 0.251 e. The number of nitrogens with one attached hydrogen (secondary N) is 1. The van der Waals surface area contributed by atoms with E-state index in [1.807, 2.05) is 25.1 Å². The number of amides is 1. The maximum Gasteiger partial charge on any atom is 0.251 e. The maximum atomic E-state index is 12.6. The fourth-order valence-electron chi connectivity index (χ4n) is 3.05. The van der Waals surface area contributed by atoms with Gasteiger partial charge in [-0.2, -0.15) is 0 Å². The van der Waals surface area contributed by atoms with Gasteiger partial charge in [-0.1, -0.05) is 59.4 Å². The van der Waals surface area contributed by atoms with Crippen molar-refractivity contribution in [1.29, 1.82) is 0 Å². The normalized spacial score (nSPS) is 12.8. The van der Waals surface area contributed by atoms with Crippen molar-refractivity contribution < 1.29 is 9.53 Å². The molecular weight excluding hydrogens is 298 g/mol. The molecule has 1 rings (SSSR count). The summed E-state index contributed by atoms with van der Waals surface area (Å²) in [5.41, 5.74) is 1.80. The Balaban J connectivity index is 2.67. The van der Waals surface area contributed by atoms with Crippen LogP contribution in [0.2, 0.25) is 0 Å². The zero-order chi connectivity index (χ0) is 18.2. The van der Waals surface area contributed by atoms with E-state index in [2.05, 4.69) is 33.0 Å². The lowest BCUT2D eigenvalue weighted by Gasteiger charge is -2.31. The van der Waals surface area contributed by atoms with Crippen molar-refractivity contribution in [3.05, 3.63) is 29.3 Å². The molecule has 0 fully saturated rings. The molecule has 3 nitrogen and oxygen atoms in total. The van der Waals surface area contributed by atoms with Crippen LogP contribution >= 0.6 is 0 Å². The molecule has 0 bridgehead atoms. The Labute approximate surface area is 148 Å². The number of rotatable bonds is 9. The standard InChI is InChI=1S/C21H35NO2/c1-7-8-9-10-12-17(21(3,4)5)15-22-20(23)18-13-11-14-19(24-6)16(18)2/h11,13-14,17H,7-10,12,15H2,1-6H3,(H,22,23). The molecule has 0 aliphatic rings. The third-order valence-corrected chi connectivity index (χ3v) is 4.89. The maximum absolute atomic E-state index is 12.6. The van der Waals surface area contributed by atoms with Gasteiger partial charge in [0, 0.05) is 17.7 Å². The first-order chi connectivity index (χ1) is 11.3. The number of hydrogen-bond acceptors (Lipinski definition) is 2. The second-order valence-corrected chi connectivity index (χ2v) is 7.76. The van der Waals surface area contributed by atoms with E-state index in [-0.39, 0.29) is 11.3 Å². The van der Waals surface area contributed by atoms with Gasteiger partial charge in [0.1, 0.15) is 5.75 Å². The second kappa shape index (κ2) is 9.71. The molecule has 0 radical (unpaired) electrons. The average molecular weight is 334 g/mol. The van der Waals surface area contributed by atoms with E-state index in [1.54, 1.807) is 7.11 Å². The number of benzene rings is 1. The highest BCUT2D eigenvalue weighted by Gasteiger charge is 2.25. The van der Waals surface area contributed by atoms with Gasteiger partial charge in [0.05, 0.1) is 7.11 Å². The number of ether oxygens (including phenoxy) is 1. The van der Waals surface area contributed by atoms with Crippen LogP contribution in [0.25, 0.3) is 0 Å². The molecule has 0 aliphatic carbocycles. The summed E-state index contributed by atoms with van der Waals surface area (Å²) in [6.07, 6.45) is 6.25. The number of hydrogen-bond donors (Lipinski definition) is 1. The first-order valence-corrected chi connectivity index (χ1v) is 9.23. The van der Waals surface area contributed by atoms with Crippen molar-refractivity contribution in [3.8, 4) is 5.75 Å². The molecule has 24 heavy (non-hydrogen) atoms. The predicted molar refractivity (Wildman–Crippen MR) is 102 cm³/mol. The molecular formula is C21H35NO2. The van der Waals surface area contributed by atoms with Gasteiger partial charge in [-0.25, -0.2) is 0 Å². The van der Waals surface area contributed by atoms with Crippen LogP contribution in [0.3, 0.4) is 0 Å². The minimum absolute atomic E-state index is 0.00536. The Morgan fingerprint density at radius 3 is 2.50 bits per heavy atom. The molecule has 1 N–H and O–H groups in total. The molecule has 1 amide bonds. The summed E-state index contributed by atoms with van der Waals surface area (Å²) < 4.78 is 5.31. The fourth-order valence-corrected chi connectivity index (χ4v) is 3.05. The summed E-state index contributed by atoms with van der Waals surface area (Å²) in [4.78, 5) is 12.6. The van der Waals surface area contributed by atoms with Gasteiger partial charge in [-0.3, -0.25) is 4.79 Å². The van der Waals surface area contributed by atoms with Crippen LogP contribution in [0.1, 0.15) is 75.7 Å². The zero-order valence-corrected chi connectivity index (χ0v) is 16.4. The van der Waals surface area contributed by atoms with Crippen molar-refractivity contribution in [2.45, 2.75) is 66.7 Å². The van der Waals surface area contributed by atoms with E-state index in [0.717, 1.165) is 17.9 Å². The van der Waals surface area contributed by atoms with Gasteiger partial charge in [0.15, 0.2) is 0 Å². The molecule has 0 saturated heterocycles. The highest BCUT2D eigenvalue weighted by Crippen LogP contribution is 2.30. The molecule has 1 unspecified atom stereocenters. The number of unbranched alkanes of at least 4 members (excludes halogenated alkanes) is 3. The Kier molecular flexibility index (Phi) is 8.30. The Morgan fingerprint density at radius 1 is 1.21 bits per heavy atom. The number of carbonyl (C=O) groups excluding carboxylic acids is 1. The third kappa shape index (κ3) is 6.18. The molecule has 0 saturated carbocycles. The first-order valence-electron chi connectivity index (χ1n) is 9.23. The summed E-state index contributed by atoms with van der Waals surface area (Å²) >= 11 is 0. The van der Waals surface area contributed by atoms with Gasteiger partial charge in [0.2, 0.25) is 0 Å². The average Bonchev–Trinajstić information content (AvgIpc) is 2.52. The monoisotopic (exact) mass is 333 g/mol. The summed E-state index contributed by atoms with van der Waals surface area (Å²) in [7, 11) is 1.63. The molecule has 0 aliphatic heterocycles. The molecule has 136 valence electrons. The summed E-state index contributed by atoms with van der Waals surface area (Å²) in [5.74, 6) is 1.24. The van der Waals surface area contributed by atoms with Crippen LogP contribution in [-0.2, 0) is 0 Å². The molecule has 0 heterocycles. The molecule has 0 aromatic heterocycles. The van der Waals surface area contributed by atoms with E-state index in [0.29, 0.717) is 11.5 Å². The summed E-state index contributed by atoms with van der Waals surface area (Å²) in [6.45, 7) is 11.7. The number of carbonyl (C=O) groups is 1. The Hall–Kier alpha value is -1.51. The van der Waals surface area contributed by atoms with Crippen molar-refractivity contribution in [3.63, 3.8) is 0 Å². The molecule has 1 atom stereocenters. The lowest BCUT2D eigenvalue weighted by atomic mass is 9.77. The quantitative estimate of drug-likeness (QED) is 0.617. The van der Waals surface area contributed by atoms with Gasteiger partial charge < -0.3 is 10.1 Å². The van der Waals surface area contributed by atoms with Crippen LogP contribution in [0.5, 0.6) is 5.75 Å². The predicted octanol–water partition coefficient (Wildman–Crippen LogP) is 5.37. The van der Waals surface area contributed by atoms with Crippen LogP contribution in [0, 0.1) is 18.3 Å². The first kappa shape index (κ1) is 20.5. The van der Waals surface area contributed by atoms with Crippen molar-refractivity contribution in [2.24, 2.45) is 11.3 Å². The van der Waals surface area contributed by atoms with Crippen molar-refractivity contribution >= 4 is 5.91 Å². The van der Waals surface area contributed by atoms with Crippen LogP contribution < -0.4 is 10.1 Å². The second-order valence-electron chi connectivity index (χ2n) is 7.76. The van der Waals surface area contributed by atoms with E-state index in [4.69, 9.17) is 4.74 Å². The Bertz CT molecular complexity index is 517. The van der Waals surface area contributed by atoms with Gasteiger partial charge in [0.25, 0.3) is 5.91 Å². The lowest BCUT2D eigenvalue weighted by molar-refractivity contribution is 0.0929. The molecule has 0 spiro atoms. The van der Waals surface area contributed by atoms with Gasteiger partial charge in [-0.05, 0) is 36.8 Å². The van der Waals surface area contributed by atoms with Crippen LogP contribution in [0.4, 0.5) is 0 Å². The fraction of sp³-hybridized carbons (Fsp3) is 0.667. The molecule has 1 aromatic rings. The molecule has 3 heteroatoms. The summed E-state index contributed by atoms with van der Waals surface area (Å²) in [6, 6.07) is 5.62. The van der Waals surface area contributed by atoms with E-state index >= 15 is 0 Å². The SMILES string of the molecule is CCCCCCC(CNC(=O)c1cccc(OC)c1C)C(C)(C)C. The minimum atomic E-state index is -0.00536. The van der Waals surface area contributed by atoms with Crippen molar-refractivity contribution in [2.75, 3.05) is 13.7 Å². The third-order valence-electron chi connectivity index (χ3n) is 4.89. The van der Waals surface area contributed by atoms with E-state index in [1.165, 1.54) is 32.1 Å². The van der Waals surface area contributed by atoms with Crippen LogP contribution in [0.15, 0.2) is 18.2 Å². The summed E-state index contributed by atoms with van der Waals surface area (Å²) in [5, 5.41) is 3.14. The van der Waals surface area contributed by atoms with Crippen LogP contribution in [-0.4, -0.2) is 19.6 Å². The van der Waals surface area contributed by atoms with E-state index < -0.39 is 0 Å².